The first-order chi connectivity index (χ1) is 16.7. The summed E-state index contributed by atoms with van der Waals surface area (Å²) >= 11 is 1.50. The Morgan fingerprint density at radius 3 is 2.54 bits per heavy atom. The highest BCUT2D eigenvalue weighted by molar-refractivity contribution is 7.98. The van der Waals surface area contributed by atoms with E-state index in [1.165, 1.54) is 15.7 Å². The molecule has 0 spiro atoms. The summed E-state index contributed by atoms with van der Waals surface area (Å²) in [5.74, 6) is 0. The van der Waals surface area contributed by atoms with Crippen LogP contribution in [0.3, 0.4) is 0 Å². The standard InChI is InChI=1S/C27H23N3O3S2/c1-16-4-7-20(8-5-16)35(32,33)30-11-10-21-25(24(34-3)12-17(2)26(21)30)27(31)23-14-19-13-18(15-28)6-9-22(19)29-23/h4-13,27,31H,14H2,1-3H3. The van der Waals surface area contributed by atoms with Gasteiger partial charge in [0.05, 0.1) is 33.4 Å². The number of fused-ring (bicyclic) bond motifs is 2. The van der Waals surface area contributed by atoms with Crippen molar-refractivity contribution >= 4 is 44.1 Å². The van der Waals surface area contributed by atoms with Crippen molar-refractivity contribution in [2.24, 2.45) is 4.99 Å². The number of rotatable bonds is 5. The second-order valence-corrected chi connectivity index (χ2v) is 11.3. The van der Waals surface area contributed by atoms with Gasteiger partial charge in [0.15, 0.2) is 0 Å². The molecule has 5 rings (SSSR count). The molecule has 0 amide bonds. The fraction of sp³-hybridized carbons (Fsp3) is 0.185. The Hall–Kier alpha value is -3.38. The van der Waals surface area contributed by atoms with E-state index in [0.717, 1.165) is 27.3 Å². The van der Waals surface area contributed by atoms with E-state index in [0.29, 0.717) is 34.2 Å². The van der Waals surface area contributed by atoms with Crippen LogP contribution in [-0.4, -0.2) is 29.5 Å². The monoisotopic (exact) mass is 501 g/mol. The van der Waals surface area contributed by atoms with Gasteiger partial charge in [0.1, 0.15) is 6.10 Å². The molecule has 6 nitrogen and oxygen atoms in total. The summed E-state index contributed by atoms with van der Waals surface area (Å²) in [6.07, 6.45) is 2.90. The van der Waals surface area contributed by atoms with Crippen molar-refractivity contribution in [2.75, 3.05) is 6.26 Å². The molecule has 1 unspecified atom stereocenters. The van der Waals surface area contributed by atoms with Crippen LogP contribution in [0.2, 0.25) is 0 Å². The molecule has 0 bridgehead atoms. The van der Waals surface area contributed by atoms with E-state index < -0.39 is 16.1 Å². The Balaban J connectivity index is 1.64. The lowest BCUT2D eigenvalue weighted by Gasteiger charge is -2.18. The van der Waals surface area contributed by atoms with Gasteiger partial charge in [0.2, 0.25) is 0 Å². The highest BCUT2D eigenvalue weighted by Crippen LogP contribution is 2.40. The van der Waals surface area contributed by atoms with Crippen LogP contribution in [0, 0.1) is 25.2 Å². The third kappa shape index (κ3) is 3.86. The summed E-state index contributed by atoms with van der Waals surface area (Å²) < 4.78 is 28.3. The van der Waals surface area contributed by atoms with Gasteiger partial charge in [-0.1, -0.05) is 17.7 Å². The molecule has 1 aliphatic heterocycles. The van der Waals surface area contributed by atoms with Gasteiger partial charge in [0, 0.05) is 28.5 Å². The number of aliphatic imine (C=N–C) groups is 1. The van der Waals surface area contributed by atoms with Gasteiger partial charge in [0.25, 0.3) is 10.0 Å². The number of hydrogen-bond acceptors (Lipinski definition) is 6. The first-order valence-corrected chi connectivity index (χ1v) is 13.7. The molecular weight excluding hydrogens is 478 g/mol. The zero-order valence-electron chi connectivity index (χ0n) is 19.5. The van der Waals surface area contributed by atoms with Crippen LogP contribution < -0.4 is 0 Å². The summed E-state index contributed by atoms with van der Waals surface area (Å²) in [6.45, 7) is 3.79. The van der Waals surface area contributed by atoms with E-state index in [-0.39, 0.29) is 4.90 Å². The van der Waals surface area contributed by atoms with Gasteiger partial charge in [-0.2, -0.15) is 5.26 Å². The molecule has 0 fully saturated rings. The predicted octanol–water partition coefficient (Wildman–Crippen LogP) is 5.45. The minimum atomic E-state index is -3.83. The Morgan fingerprint density at radius 2 is 1.86 bits per heavy atom. The molecule has 1 atom stereocenters. The normalized spacial score (nSPS) is 14.0. The summed E-state index contributed by atoms with van der Waals surface area (Å²) in [5.41, 5.74) is 5.73. The van der Waals surface area contributed by atoms with Crippen molar-refractivity contribution in [3.63, 3.8) is 0 Å². The number of aliphatic hydroxyl groups excluding tert-OH is 1. The molecule has 8 heteroatoms. The molecule has 0 aliphatic carbocycles. The second kappa shape index (κ2) is 8.68. The quantitative estimate of drug-likeness (QED) is 0.367. The average molecular weight is 502 g/mol. The molecule has 2 heterocycles. The van der Waals surface area contributed by atoms with Crippen molar-refractivity contribution in [2.45, 2.75) is 36.2 Å². The van der Waals surface area contributed by atoms with E-state index in [2.05, 4.69) is 11.1 Å². The number of aromatic nitrogens is 1. The van der Waals surface area contributed by atoms with Crippen LogP contribution >= 0.6 is 11.8 Å². The molecule has 0 saturated heterocycles. The zero-order chi connectivity index (χ0) is 24.9. The lowest BCUT2D eigenvalue weighted by molar-refractivity contribution is 0.245. The molecular formula is C27H23N3O3S2. The largest absolute Gasteiger partial charge is 0.382 e. The zero-order valence-corrected chi connectivity index (χ0v) is 21.1. The van der Waals surface area contributed by atoms with Crippen molar-refractivity contribution < 1.29 is 13.5 Å². The number of hydrogen-bond donors (Lipinski definition) is 1. The number of aliphatic hydroxyl groups is 1. The van der Waals surface area contributed by atoms with Crippen LogP contribution in [0.1, 0.15) is 33.9 Å². The molecule has 1 aromatic heterocycles. The number of aryl methyl sites for hydroxylation is 2. The van der Waals surface area contributed by atoms with Crippen molar-refractivity contribution in [1.82, 2.24) is 3.97 Å². The van der Waals surface area contributed by atoms with Gasteiger partial charge in [-0.25, -0.2) is 12.4 Å². The lowest BCUT2D eigenvalue weighted by Crippen LogP contribution is -2.15. The van der Waals surface area contributed by atoms with E-state index in [1.54, 1.807) is 54.7 Å². The first kappa shape index (κ1) is 23.4. The fourth-order valence-electron chi connectivity index (χ4n) is 4.59. The van der Waals surface area contributed by atoms with Crippen LogP contribution in [0.4, 0.5) is 5.69 Å². The average Bonchev–Trinajstić information content (AvgIpc) is 3.48. The Bertz CT molecular complexity index is 1660. The summed E-state index contributed by atoms with van der Waals surface area (Å²) in [6, 6.07) is 17.9. The number of nitriles is 1. The Morgan fingerprint density at radius 1 is 1.11 bits per heavy atom. The molecule has 1 aliphatic rings. The van der Waals surface area contributed by atoms with Gasteiger partial charge in [-0.05, 0) is 73.7 Å². The van der Waals surface area contributed by atoms with Gasteiger partial charge in [-0.3, -0.25) is 4.99 Å². The minimum Gasteiger partial charge on any atom is -0.382 e. The van der Waals surface area contributed by atoms with Crippen LogP contribution in [0.5, 0.6) is 0 Å². The van der Waals surface area contributed by atoms with Crippen molar-refractivity contribution in [1.29, 1.82) is 5.26 Å². The van der Waals surface area contributed by atoms with E-state index in [4.69, 9.17) is 0 Å². The number of benzene rings is 3. The molecule has 0 saturated carbocycles. The molecule has 4 aromatic rings. The topological polar surface area (TPSA) is 95.4 Å². The Kier molecular flexibility index (Phi) is 5.80. The fourth-order valence-corrected chi connectivity index (χ4v) is 6.74. The number of nitrogens with zero attached hydrogens (tertiary/aromatic N) is 3. The molecule has 3 aromatic carbocycles. The van der Waals surface area contributed by atoms with Gasteiger partial charge >= 0.3 is 0 Å². The third-order valence-electron chi connectivity index (χ3n) is 6.36. The lowest BCUT2D eigenvalue weighted by atomic mass is 9.96. The maximum atomic E-state index is 13.5. The van der Waals surface area contributed by atoms with Crippen LogP contribution in [0.15, 0.2) is 75.6 Å². The Labute approximate surface area is 208 Å². The van der Waals surface area contributed by atoms with E-state index in [9.17, 15) is 18.8 Å². The first-order valence-electron chi connectivity index (χ1n) is 11.0. The number of thioether (sulfide) groups is 1. The van der Waals surface area contributed by atoms with Gasteiger partial charge < -0.3 is 5.11 Å². The van der Waals surface area contributed by atoms with Crippen molar-refractivity contribution in [3.05, 3.63) is 88.6 Å². The summed E-state index contributed by atoms with van der Waals surface area (Å²) in [4.78, 5) is 5.72. The maximum absolute atomic E-state index is 13.5. The SMILES string of the molecule is CSc1cc(C)c2c(ccn2S(=O)(=O)c2ccc(C)cc2)c1C(O)C1=Nc2ccc(C#N)cc2C1. The minimum absolute atomic E-state index is 0.208. The summed E-state index contributed by atoms with van der Waals surface area (Å²) in [7, 11) is -3.83. The summed E-state index contributed by atoms with van der Waals surface area (Å²) in [5, 5.41) is 21.4. The maximum Gasteiger partial charge on any atom is 0.268 e. The predicted molar refractivity (Wildman–Crippen MR) is 139 cm³/mol. The van der Waals surface area contributed by atoms with Gasteiger partial charge in [-0.15, -0.1) is 11.8 Å². The highest BCUT2D eigenvalue weighted by Gasteiger charge is 2.29. The van der Waals surface area contributed by atoms with Crippen LogP contribution in [0.25, 0.3) is 10.9 Å². The highest BCUT2D eigenvalue weighted by atomic mass is 32.2. The van der Waals surface area contributed by atoms with E-state index in [1.807, 2.05) is 26.2 Å². The van der Waals surface area contributed by atoms with Crippen LogP contribution in [-0.2, 0) is 16.4 Å². The second-order valence-electron chi connectivity index (χ2n) is 8.64. The smallest absolute Gasteiger partial charge is 0.268 e. The molecule has 176 valence electrons. The third-order valence-corrected chi connectivity index (χ3v) is 8.83. The van der Waals surface area contributed by atoms with Crippen molar-refractivity contribution in [3.8, 4) is 6.07 Å². The molecule has 1 N–H and O–H groups in total. The molecule has 0 radical (unpaired) electrons. The molecule has 35 heavy (non-hydrogen) atoms. The van der Waals surface area contributed by atoms with E-state index >= 15 is 0 Å².